The smallest absolute Gasteiger partial charge is 0.354 e. The number of aryl methyl sites for hydroxylation is 1. The second-order valence-electron chi connectivity index (χ2n) is 6.18. The molecule has 1 aliphatic carbocycles. The summed E-state index contributed by atoms with van der Waals surface area (Å²) in [5.41, 5.74) is -4.67. The maximum Gasteiger partial charge on any atom is 0.534 e. The molecule has 3 heterocycles. The largest absolute Gasteiger partial charge is 0.534 e. The van der Waals surface area contributed by atoms with E-state index >= 15 is 0 Å². The average Bonchev–Trinajstić information content (AvgIpc) is 3.41. The first kappa shape index (κ1) is 17.7. The SMILES string of the molecule is Cc1ccnc2c1N=C(OS(=O)(=O)C(F)(F)F)c1cccnc1N2C1CC1. The lowest BCUT2D eigenvalue weighted by Gasteiger charge is -2.23. The third-order valence-corrected chi connectivity index (χ3v) is 5.12. The minimum Gasteiger partial charge on any atom is -0.354 e. The van der Waals surface area contributed by atoms with E-state index in [-0.39, 0.29) is 23.1 Å². The van der Waals surface area contributed by atoms with Crippen molar-refractivity contribution in [3.8, 4) is 0 Å². The van der Waals surface area contributed by atoms with Gasteiger partial charge in [0.25, 0.3) is 0 Å². The zero-order chi connectivity index (χ0) is 19.4. The van der Waals surface area contributed by atoms with Crippen LogP contribution in [-0.2, 0) is 14.3 Å². The van der Waals surface area contributed by atoms with E-state index in [4.69, 9.17) is 0 Å². The Kier molecular flexibility index (Phi) is 3.88. The Labute approximate surface area is 152 Å². The predicted molar refractivity (Wildman–Crippen MR) is 90.6 cm³/mol. The fourth-order valence-electron chi connectivity index (χ4n) is 2.76. The zero-order valence-corrected chi connectivity index (χ0v) is 14.8. The normalized spacial score (nSPS) is 16.9. The quantitative estimate of drug-likeness (QED) is 0.570. The van der Waals surface area contributed by atoms with Gasteiger partial charge < -0.3 is 9.08 Å². The van der Waals surface area contributed by atoms with Crippen molar-refractivity contribution in [3.63, 3.8) is 0 Å². The molecule has 2 aromatic rings. The van der Waals surface area contributed by atoms with E-state index in [0.29, 0.717) is 11.4 Å². The molecule has 2 aromatic heterocycles. The number of hydrogen-bond donors (Lipinski definition) is 0. The topological polar surface area (TPSA) is 84.8 Å². The fourth-order valence-corrected chi connectivity index (χ4v) is 3.19. The minimum absolute atomic E-state index is 0.0506. The van der Waals surface area contributed by atoms with Crippen molar-refractivity contribution < 1.29 is 25.8 Å². The van der Waals surface area contributed by atoms with Gasteiger partial charge in [0.15, 0.2) is 5.82 Å². The summed E-state index contributed by atoms with van der Waals surface area (Å²) in [5.74, 6) is -0.0237. The Hall–Kier alpha value is -2.69. The molecule has 0 bridgehead atoms. The number of aromatic nitrogens is 2. The number of alkyl halides is 3. The zero-order valence-electron chi connectivity index (χ0n) is 13.9. The fraction of sp³-hybridized carbons (Fsp3) is 0.312. The first-order valence-electron chi connectivity index (χ1n) is 7.99. The highest BCUT2D eigenvalue weighted by Crippen LogP contribution is 2.45. The van der Waals surface area contributed by atoms with E-state index in [2.05, 4.69) is 19.1 Å². The number of rotatable bonds is 2. The number of pyridine rings is 2. The van der Waals surface area contributed by atoms with Crippen LogP contribution in [-0.4, -0.2) is 35.8 Å². The number of aliphatic imine (C=N–C) groups is 1. The van der Waals surface area contributed by atoms with Gasteiger partial charge in [-0.1, -0.05) is 0 Å². The molecule has 0 unspecified atom stereocenters. The Balaban J connectivity index is 1.95. The van der Waals surface area contributed by atoms with Crippen LogP contribution in [0, 0.1) is 6.92 Å². The Morgan fingerprint density at radius 1 is 1.15 bits per heavy atom. The first-order valence-corrected chi connectivity index (χ1v) is 9.39. The van der Waals surface area contributed by atoms with Crippen LogP contribution in [0.1, 0.15) is 24.0 Å². The molecule has 11 heteroatoms. The number of hydrogen-bond acceptors (Lipinski definition) is 7. The van der Waals surface area contributed by atoms with E-state index < -0.39 is 21.5 Å². The molecule has 27 heavy (non-hydrogen) atoms. The van der Waals surface area contributed by atoms with E-state index in [1.165, 1.54) is 18.3 Å². The maximum atomic E-state index is 12.8. The van der Waals surface area contributed by atoms with Crippen LogP contribution in [0.5, 0.6) is 0 Å². The molecule has 0 aromatic carbocycles. The van der Waals surface area contributed by atoms with Gasteiger partial charge in [-0.3, -0.25) is 0 Å². The average molecular weight is 398 g/mol. The van der Waals surface area contributed by atoms with Crippen LogP contribution in [0.3, 0.4) is 0 Å². The molecule has 0 atom stereocenters. The van der Waals surface area contributed by atoms with Crippen molar-refractivity contribution >= 4 is 33.3 Å². The lowest BCUT2D eigenvalue weighted by Crippen LogP contribution is -2.29. The van der Waals surface area contributed by atoms with Crippen molar-refractivity contribution in [1.82, 2.24) is 9.97 Å². The summed E-state index contributed by atoms with van der Waals surface area (Å²) >= 11 is 0. The molecule has 0 spiro atoms. The van der Waals surface area contributed by atoms with Crippen LogP contribution in [0.2, 0.25) is 0 Å². The highest BCUT2D eigenvalue weighted by molar-refractivity contribution is 7.88. The Morgan fingerprint density at radius 2 is 1.85 bits per heavy atom. The molecule has 4 rings (SSSR count). The summed E-state index contributed by atoms with van der Waals surface area (Å²) in [6, 6.07) is 4.58. The van der Waals surface area contributed by atoms with Crippen LogP contribution in [0.25, 0.3) is 0 Å². The number of nitrogens with zero attached hydrogens (tertiary/aromatic N) is 4. The number of fused-ring (bicyclic) bond motifs is 2. The summed E-state index contributed by atoms with van der Waals surface area (Å²) < 4.78 is 66.1. The van der Waals surface area contributed by atoms with E-state index in [1.54, 1.807) is 24.1 Å². The Bertz CT molecular complexity index is 1050. The highest BCUT2D eigenvalue weighted by Gasteiger charge is 2.50. The highest BCUT2D eigenvalue weighted by atomic mass is 32.2. The van der Waals surface area contributed by atoms with Crippen molar-refractivity contribution in [2.75, 3.05) is 4.90 Å². The third-order valence-electron chi connectivity index (χ3n) is 4.18. The summed E-state index contributed by atoms with van der Waals surface area (Å²) in [6.07, 6.45) is 4.72. The molecule has 2 aliphatic rings. The van der Waals surface area contributed by atoms with Gasteiger partial charge in [0.05, 0.1) is 5.56 Å². The lowest BCUT2D eigenvalue weighted by atomic mass is 10.2. The molecular formula is C16H13F3N4O3S. The number of anilines is 2. The van der Waals surface area contributed by atoms with Gasteiger partial charge in [0, 0.05) is 18.4 Å². The van der Waals surface area contributed by atoms with E-state index in [1.807, 2.05) is 0 Å². The molecule has 0 N–H and O–H groups in total. The van der Waals surface area contributed by atoms with Crippen molar-refractivity contribution in [3.05, 3.63) is 41.7 Å². The second-order valence-corrected chi connectivity index (χ2v) is 7.71. The molecule has 0 radical (unpaired) electrons. The summed E-state index contributed by atoms with van der Waals surface area (Å²) in [7, 11) is -5.89. The van der Waals surface area contributed by atoms with Crippen LogP contribution in [0.4, 0.5) is 30.5 Å². The van der Waals surface area contributed by atoms with Crippen molar-refractivity contribution in [2.45, 2.75) is 31.3 Å². The van der Waals surface area contributed by atoms with E-state index in [9.17, 15) is 21.6 Å². The Morgan fingerprint density at radius 3 is 2.52 bits per heavy atom. The van der Waals surface area contributed by atoms with Gasteiger partial charge in [-0.2, -0.15) is 21.6 Å². The molecule has 1 aliphatic heterocycles. The van der Waals surface area contributed by atoms with E-state index in [0.717, 1.165) is 12.8 Å². The minimum atomic E-state index is -5.89. The van der Waals surface area contributed by atoms with Crippen molar-refractivity contribution in [1.29, 1.82) is 0 Å². The van der Waals surface area contributed by atoms with Crippen LogP contribution >= 0.6 is 0 Å². The van der Waals surface area contributed by atoms with Gasteiger partial charge in [-0.15, -0.1) is 0 Å². The summed E-state index contributed by atoms with van der Waals surface area (Å²) in [5, 5.41) is 0. The number of halogens is 3. The molecule has 7 nitrogen and oxygen atoms in total. The third kappa shape index (κ3) is 3.01. The van der Waals surface area contributed by atoms with Crippen LogP contribution < -0.4 is 4.90 Å². The molecule has 0 amide bonds. The van der Waals surface area contributed by atoms with Gasteiger partial charge in [-0.25, -0.2) is 15.0 Å². The molecular weight excluding hydrogens is 385 g/mol. The molecule has 142 valence electrons. The van der Waals surface area contributed by atoms with Gasteiger partial charge in [0.1, 0.15) is 11.5 Å². The van der Waals surface area contributed by atoms with Gasteiger partial charge >= 0.3 is 15.6 Å². The van der Waals surface area contributed by atoms with Crippen LogP contribution in [0.15, 0.2) is 35.6 Å². The first-order chi connectivity index (χ1) is 12.7. The summed E-state index contributed by atoms with van der Waals surface area (Å²) in [4.78, 5) is 14.4. The molecule has 1 fully saturated rings. The molecule has 1 saturated carbocycles. The van der Waals surface area contributed by atoms with Gasteiger partial charge in [0.2, 0.25) is 5.90 Å². The maximum absolute atomic E-state index is 12.8. The second kappa shape index (κ2) is 5.91. The lowest BCUT2D eigenvalue weighted by molar-refractivity contribution is -0.0504. The standard InChI is InChI=1S/C16H13F3N4O3S/c1-9-6-8-21-14-12(9)22-15(26-27(24,25)16(17,18)19)11-3-2-7-20-13(11)23(14)10-4-5-10/h2-3,6-8,10H,4-5H2,1H3. The predicted octanol–water partition coefficient (Wildman–Crippen LogP) is 3.34. The summed E-state index contributed by atoms with van der Waals surface area (Å²) in [6.45, 7) is 1.70. The molecule has 0 saturated heterocycles. The van der Waals surface area contributed by atoms with Crippen molar-refractivity contribution in [2.24, 2.45) is 4.99 Å². The van der Waals surface area contributed by atoms with Gasteiger partial charge in [-0.05, 0) is 43.5 Å². The monoisotopic (exact) mass is 398 g/mol.